The van der Waals surface area contributed by atoms with Crippen LogP contribution in [0.4, 0.5) is 13.2 Å². The molecule has 0 spiro atoms. The standard InChI is InChI=1S/C22H26F3N3O/c1-21(2,3)19-16-17(26-27-19)20(29)28(18(16)13-7-5-4-6-8-13)15-11-9-14(10-12-15)22(23,24)25/h9-13,26,29H,4-8H2,1-3H3. The Morgan fingerprint density at radius 1 is 1.03 bits per heavy atom. The fourth-order valence-electron chi connectivity index (χ4n) is 4.46. The molecule has 29 heavy (non-hydrogen) atoms. The van der Waals surface area contributed by atoms with E-state index in [1.807, 2.05) is 0 Å². The second kappa shape index (κ2) is 6.82. The fraction of sp³-hybridized carbons (Fsp3) is 0.500. The zero-order valence-electron chi connectivity index (χ0n) is 16.9. The van der Waals surface area contributed by atoms with Gasteiger partial charge in [-0.2, -0.15) is 18.3 Å². The summed E-state index contributed by atoms with van der Waals surface area (Å²) in [7, 11) is 0. The number of aromatic nitrogens is 3. The molecule has 4 nitrogen and oxygen atoms in total. The summed E-state index contributed by atoms with van der Waals surface area (Å²) >= 11 is 0. The number of alkyl halides is 3. The molecule has 0 radical (unpaired) electrons. The minimum Gasteiger partial charge on any atom is -0.493 e. The summed E-state index contributed by atoms with van der Waals surface area (Å²) in [5.74, 6) is 0.233. The number of aromatic amines is 1. The van der Waals surface area contributed by atoms with Crippen molar-refractivity contribution in [3.8, 4) is 11.6 Å². The second-order valence-electron chi connectivity index (χ2n) is 9.00. The number of hydrogen-bond donors (Lipinski definition) is 2. The van der Waals surface area contributed by atoms with E-state index in [9.17, 15) is 18.3 Å². The van der Waals surface area contributed by atoms with Crippen LogP contribution in [0, 0.1) is 0 Å². The monoisotopic (exact) mass is 405 g/mol. The Morgan fingerprint density at radius 3 is 2.21 bits per heavy atom. The highest BCUT2D eigenvalue weighted by Gasteiger charge is 2.33. The van der Waals surface area contributed by atoms with Crippen molar-refractivity contribution in [2.45, 2.75) is 70.4 Å². The summed E-state index contributed by atoms with van der Waals surface area (Å²) in [5, 5.41) is 19.4. The number of nitrogens with zero attached hydrogens (tertiary/aromatic N) is 2. The third-order valence-corrected chi connectivity index (χ3v) is 5.85. The van der Waals surface area contributed by atoms with Gasteiger partial charge in [0.15, 0.2) is 0 Å². The molecule has 0 aliphatic heterocycles. The van der Waals surface area contributed by atoms with Gasteiger partial charge in [-0.1, -0.05) is 40.0 Å². The van der Waals surface area contributed by atoms with E-state index in [1.54, 1.807) is 4.57 Å². The Labute approximate surface area is 167 Å². The van der Waals surface area contributed by atoms with E-state index in [1.165, 1.54) is 18.6 Å². The first-order valence-electron chi connectivity index (χ1n) is 10.1. The third kappa shape index (κ3) is 3.40. The molecule has 2 N–H and O–H groups in total. The maximum absolute atomic E-state index is 13.0. The van der Waals surface area contributed by atoms with Crippen LogP contribution >= 0.6 is 0 Å². The van der Waals surface area contributed by atoms with Gasteiger partial charge in [-0.15, -0.1) is 0 Å². The zero-order chi connectivity index (χ0) is 21.0. The van der Waals surface area contributed by atoms with Crippen LogP contribution in [0.2, 0.25) is 0 Å². The first-order valence-corrected chi connectivity index (χ1v) is 10.1. The van der Waals surface area contributed by atoms with E-state index >= 15 is 0 Å². The number of rotatable bonds is 2. The number of halogens is 3. The summed E-state index contributed by atoms with van der Waals surface area (Å²) < 4.78 is 40.7. The molecule has 0 saturated heterocycles. The van der Waals surface area contributed by atoms with Crippen LogP contribution in [-0.2, 0) is 11.6 Å². The Kier molecular flexibility index (Phi) is 4.67. The molecular weight excluding hydrogens is 379 g/mol. The van der Waals surface area contributed by atoms with Gasteiger partial charge in [0.1, 0.15) is 5.52 Å². The molecule has 1 aliphatic rings. The number of fused-ring (bicyclic) bond motifs is 1. The Balaban J connectivity index is 1.95. The van der Waals surface area contributed by atoms with Gasteiger partial charge in [0.25, 0.3) is 0 Å². The average Bonchev–Trinajstić information content (AvgIpc) is 3.21. The molecule has 2 aromatic heterocycles. The number of H-pyrrole nitrogens is 1. The molecule has 2 heterocycles. The van der Waals surface area contributed by atoms with Crippen molar-refractivity contribution in [3.63, 3.8) is 0 Å². The molecular formula is C22H26F3N3O. The summed E-state index contributed by atoms with van der Waals surface area (Å²) in [6.45, 7) is 6.21. The molecule has 1 aliphatic carbocycles. The second-order valence-corrected chi connectivity index (χ2v) is 9.00. The minimum atomic E-state index is -4.39. The van der Waals surface area contributed by atoms with E-state index in [4.69, 9.17) is 0 Å². The maximum Gasteiger partial charge on any atom is 0.416 e. The Bertz CT molecular complexity index is 1020. The van der Waals surface area contributed by atoms with Crippen molar-refractivity contribution >= 4 is 10.9 Å². The quantitative estimate of drug-likeness (QED) is 0.517. The lowest BCUT2D eigenvalue weighted by atomic mass is 9.83. The molecule has 3 aromatic rings. The van der Waals surface area contributed by atoms with Gasteiger partial charge < -0.3 is 5.11 Å². The smallest absolute Gasteiger partial charge is 0.416 e. The summed E-state index contributed by atoms with van der Waals surface area (Å²) in [4.78, 5) is 0. The first-order chi connectivity index (χ1) is 13.6. The van der Waals surface area contributed by atoms with Gasteiger partial charge in [-0.25, -0.2) is 0 Å². The van der Waals surface area contributed by atoms with Gasteiger partial charge in [0, 0.05) is 28.1 Å². The van der Waals surface area contributed by atoms with E-state index < -0.39 is 11.7 Å². The van der Waals surface area contributed by atoms with Crippen LogP contribution < -0.4 is 0 Å². The maximum atomic E-state index is 13.0. The van der Waals surface area contributed by atoms with Crippen LogP contribution in [0.5, 0.6) is 5.88 Å². The number of aromatic hydroxyl groups is 1. The van der Waals surface area contributed by atoms with Crippen LogP contribution in [0.3, 0.4) is 0 Å². The van der Waals surface area contributed by atoms with Crippen molar-refractivity contribution in [2.24, 2.45) is 0 Å². The lowest BCUT2D eigenvalue weighted by Gasteiger charge is -2.25. The predicted octanol–water partition coefficient (Wildman–Crippen LogP) is 6.42. The van der Waals surface area contributed by atoms with Gasteiger partial charge in [0.05, 0.1) is 11.3 Å². The molecule has 0 unspecified atom stereocenters. The Hall–Kier alpha value is -2.44. The number of hydrogen-bond acceptors (Lipinski definition) is 2. The van der Waals surface area contributed by atoms with Gasteiger partial charge in [-0.3, -0.25) is 9.67 Å². The molecule has 1 saturated carbocycles. The minimum absolute atomic E-state index is 0.00309. The molecule has 7 heteroatoms. The van der Waals surface area contributed by atoms with E-state index in [0.717, 1.165) is 54.6 Å². The largest absolute Gasteiger partial charge is 0.493 e. The van der Waals surface area contributed by atoms with E-state index in [2.05, 4.69) is 31.0 Å². The molecule has 1 aromatic carbocycles. The van der Waals surface area contributed by atoms with Crippen LogP contribution in [-0.4, -0.2) is 19.9 Å². The highest BCUT2D eigenvalue weighted by Crippen LogP contribution is 2.45. The van der Waals surface area contributed by atoms with Crippen molar-refractivity contribution in [1.82, 2.24) is 14.8 Å². The highest BCUT2D eigenvalue weighted by molar-refractivity contribution is 5.92. The van der Waals surface area contributed by atoms with Crippen molar-refractivity contribution in [3.05, 3.63) is 41.2 Å². The third-order valence-electron chi connectivity index (χ3n) is 5.85. The molecule has 156 valence electrons. The SMILES string of the molecule is CC(C)(C)c1n[nH]c2c(O)n(-c3ccc(C(F)(F)F)cc3)c(C3CCCCC3)c12. The fourth-order valence-corrected chi connectivity index (χ4v) is 4.46. The summed E-state index contributed by atoms with van der Waals surface area (Å²) in [6, 6.07) is 4.99. The average molecular weight is 405 g/mol. The summed E-state index contributed by atoms with van der Waals surface area (Å²) in [5.41, 5.74) is 1.97. The lowest BCUT2D eigenvalue weighted by molar-refractivity contribution is -0.137. The predicted molar refractivity (Wildman–Crippen MR) is 107 cm³/mol. The molecule has 0 atom stereocenters. The molecule has 0 bridgehead atoms. The van der Waals surface area contributed by atoms with Gasteiger partial charge in [0.2, 0.25) is 5.88 Å². The molecule has 0 amide bonds. The molecule has 4 rings (SSSR count). The van der Waals surface area contributed by atoms with Crippen LogP contribution in [0.15, 0.2) is 24.3 Å². The van der Waals surface area contributed by atoms with Crippen molar-refractivity contribution in [2.75, 3.05) is 0 Å². The van der Waals surface area contributed by atoms with E-state index in [-0.39, 0.29) is 17.2 Å². The Morgan fingerprint density at radius 2 is 1.66 bits per heavy atom. The van der Waals surface area contributed by atoms with Crippen molar-refractivity contribution < 1.29 is 18.3 Å². The topological polar surface area (TPSA) is 53.8 Å². The number of nitrogens with one attached hydrogen (secondary N) is 1. The highest BCUT2D eigenvalue weighted by atomic mass is 19.4. The van der Waals surface area contributed by atoms with Gasteiger partial charge >= 0.3 is 6.18 Å². The van der Waals surface area contributed by atoms with Crippen LogP contribution in [0.1, 0.15) is 75.7 Å². The first kappa shape index (κ1) is 19.9. The van der Waals surface area contributed by atoms with Gasteiger partial charge in [-0.05, 0) is 37.1 Å². The zero-order valence-corrected chi connectivity index (χ0v) is 16.9. The number of benzene rings is 1. The summed E-state index contributed by atoms with van der Waals surface area (Å²) in [6.07, 6.45) is 0.993. The van der Waals surface area contributed by atoms with Crippen LogP contribution in [0.25, 0.3) is 16.6 Å². The normalized spacial score (nSPS) is 16.6. The lowest BCUT2D eigenvalue weighted by Crippen LogP contribution is -2.15. The molecule has 1 fully saturated rings. The van der Waals surface area contributed by atoms with E-state index in [0.29, 0.717) is 11.2 Å². The van der Waals surface area contributed by atoms with Crippen molar-refractivity contribution in [1.29, 1.82) is 0 Å².